The predicted molar refractivity (Wildman–Crippen MR) is 75.4 cm³/mol. The average molecular weight is 259 g/mol. The summed E-state index contributed by atoms with van der Waals surface area (Å²) in [6.07, 6.45) is 0. The van der Waals surface area contributed by atoms with Crippen molar-refractivity contribution < 1.29 is 4.39 Å². The fraction of sp³-hybridized carbons (Fsp3) is 0.333. The molecular formula is C15H18FN3. The van der Waals surface area contributed by atoms with Crippen molar-refractivity contribution in [3.05, 3.63) is 41.0 Å². The second kappa shape index (κ2) is 4.96. The summed E-state index contributed by atoms with van der Waals surface area (Å²) in [4.78, 5) is 8.85. The minimum absolute atomic E-state index is 0.197. The van der Waals surface area contributed by atoms with Crippen LogP contribution in [0.5, 0.6) is 0 Å². The van der Waals surface area contributed by atoms with Crippen LogP contribution in [0.1, 0.15) is 36.7 Å². The average Bonchev–Trinajstić information content (AvgIpc) is 2.35. The first kappa shape index (κ1) is 13.5. The van der Waals surface area contributed by atoms with E-state index in [4.69, 9.17) is 5.73 Å². The van der Waals surface area contributed by atoms with Gasteiger partial charge in [-0.3, -0.25) is 0 Å². The highest BCUT2D eigenvalue weighted by atomic mass is 19.1. The van der Waals surface area contributed by atoms with Crippen molar-refractivity contribution in [2.24, 2.45) is 0 Å². The molecule has 0 aliphatic carbocycles. The highest BCUT2D eigenvalue weighted by molar-refractivity contribution is 5.67. The molecule has 2 rings (SSSR count). The number of benzene rings is 1. The fourth-order valence-corrected chi connectivity index (χ4v) is 1.88. The molecule has 0 atom stereocenters. The lowest BCUT2D eigenvalue weighted by molar-refractivity contribution is 0.618. The van der Waals surface area contributed by atoms with Crippen LogP contribution in [0.3, 0.4) is 0 Å². The molecule has 3 nitrogen and oxygen atoms in total. The maximum atomic E-state index is 13.3. The molecule has 0 aliphatic rings. The number of aryl methyl sites for hydroxylation is 1. The lowest BCUT2D eigenvalue weighted by Gasteiger charge is -2.12. The van der Waals surface area contributed by atoms with Crippen molar-refractivity contribution in [3.63, 3.8) is 0 Å². The van der Waals surface area contributed by atoms with E-state index in [2.05, 4.69) is 9.97 Å². The second-order valence-electron chi connectivity index (χ2n) is 5.06. The first-order valence-corrected chi connectivity index (χ1v) is 6.30. The Kier molecular flexibility index (Phi) is 3.51. The third kappa shape index (κ3) is 2.57. The SMILES string of the molecule is Cc1cc(-c2nc(C(C)C)nc(N)c2C)ccc1F. The van der Waals surface area contributed by atoms with Gasteiger partial charge >= 0.3 is 0 Å². The van der Waals surface area contributed by atoms with E-state index in [1.54, 1.807) is 19.1 Å². The van der Waals surface area contributed by atoms with E-state index in [-0.39, 0.29) is 11.7 Å². The predicted octanol–water partition coefficient (Wildman–Crippen LogP) is 3.61. The van der Waals surface area contributed by atoms with Gasteiger partial charge in [-0.2, -0.15) is 0 Å². The van der Waals surface area contributed by atoms with Gasteiger partial charge in [0.1, 0.15) is 17.5 Å². The Morgan fingerprint density at radius 2 is 1.84 bits per heavy atom. The van der Waals surface area contributed by atoms with Crippen LogP contribution in [0.4, 0.5) is 10.2 Å². The number of hydrogen-bond donors (Lipinski definition) is 1. The second-order valence-corrected chi connectivity index (χ2v) is 5.06. The van der Waals surface area contributed by atoms with Gasteiger partial charge in [-0.15, -0.1) is 0 Å². The number of aromatic nitrogens is 2. The molecule has 0 unspecified atom stereocenters. The van der Waals surface area contributed by atoms with Gasteiger partial charge in [0.2, 0.25) is 0 Å². The van der Waals surface area contributed by atoms with Crippen LogP contribution in [0.2, 0.25) is 0 Å². The van der Waals surface area contributed by atoms with Crippen molar-refractivity contribution in [2.45, 2.75) is 33.6 Å². The highest BCUT2D eigenvalue weighted by Crippen LogP contribution is 2.27. The highest BCUT2D eigenvalue weighted by Gasteiger charge is 2.13. The molecule has 2 N–H and O–H groups in total. The molecule has 0 radical (unpaired) electrons. The third-order valence-electron chi connectivity index (χ3n) is 3.15. The molecule has 0 spiro atoms. The number of anilines is 1. The van der Waals surface area contributed by atoms with Crippen molar-refractivity contribution in [3.8, 4) is 11.3 Å². The number of nitrogens with two attached hydrogens (primary N) is 1. The first-order chi connectivity index (χ1) is 8.90. The zero-order chi connectivity index (χ0) is 14.2. The van der Waals surface area contributed by atoms with Crippen LogP contribution in [0.15, 0.2) is 18.2 Å². The molecule has 0 amide bonds. The quantitative estimate of drug-likeness (QED) is 0.896. The van der Waals surface area contributed by atoms with E-state index in [9.17, 15) is 4.39 Å². The maximum Gasteiger partial charge on any atom is 0.133 e. The van der Waals surface area contributed by atoms with Gasteiger partial charge < -0.3 is 5.73 Å². The molecule has 0 fully saturated rings. The lowest BCUT2D eigenvalue weighted by Crippen LogP contribution is -2.06. The Balaban J connectivity index is 2.63. The van der Waals surface area contributed by atoms with Crippen molar-refractivity contribution in [2.75, 3.05) is 5.73 Å². The van der Waals surface area contributed by atoms with E-state index in [1.165, 1.54) is 6.07 Å². The molecule has 0 aliphatic heterocycles. The molecule has 4 heteroatoms. The van der Waals surface area contributed by atoms with Crippen LogP contribution >= 0.6 is 0 Å². The van der Waals surface area contributed by atoms with Gasteiger partial charge in [-0.05, 0) is 37.6 Å². The van der Waals surface area contributed by atoms with Gasteiger partial charge in [0, 0.05) is 17.0 Å². The van der Waals surface area contributed by atoms with Crippen LogP contribution in [-0.4, -0.2) is 9.97 Å². The summed E-state index contributed by atoms with van der Waals surface area (Å²) in [5.74, 6) is 1.17. The lowest BCUT2D eigenvalue weighted by atomic mass is 10.0. The number of nitrogens with zero attached hydrogens (tertiary/aromatic N) is 2. The van der Waals surface area contributed by atoms with Crippen LogP contribution in [0.25, 0.3) is 11.3 Å². The van der Waals surface area contributed by atoms with Crippen LogP contribution in [0, 0.1) is 19.7 Å². The molecule has 100 valence electrons. The smallest absolute Gasteiger partial charge is 0.133 e. The van der Waals surface area contributed by atoms with E-state index in [0.29, 0.717) is 17.2 Å². The standard InChI is InChI=1S/C15H18FN3/c1-8(2)15-18-13(10(4)14(17)19-15)11-5-6-12(16)9(3)7-11/h5-8H,1-4H3,(H2,17,18,19). The molecular weight excluding hydrogens is 241 g/mol. The summed E-state index contributed by atoms with van der Waals surface area (Å²) < 4.78 is 13.3. The van der Waals surface area contributed by atoms with Gasteiger partial charge in [-0.25, -0.2) is 14.4 Å². The molecule has 1 aromatic carbocycles. The molecule has 0 saturated carbocycles. The number of rotatable bonds is 2. The van der Waals surface area contributed by atoms with Gasteiger partial charge in [-0.1, -0.05) is 13.8 Å². The largest absolute Gasteiger partial charge is 0.383 e. The van der Waals surface area contributed by atoms with Crippen LogP contribution in [-0.2, 0) is 0 Å². The molecule has 1 heterocycles. The van der Waals surface area contributed by atoms with Crippen LogP contribution < -0.4 is 5.73 Å². The van der Waals surface area contributed by atoms with E-state index >= 15 is 0 Å². The first-order valence-electron chi connectivity index (χ1n) is 6.30. The summed E-state index contributed by atoms with van der Waals surface area (Å²) in [7, 11) is 0. The number of nitrogen functional groups attached to an aromatic ring is 1. The van der Waals surface area contributed by atoms with Gasteiger partial charge in [0.25, 0.3) is 0 Å². The summed E-state index contributed by atoms with van der Waals surface area (Å²) in [6, 6.07) is 4.97. The Labute approximate surface area is 112 Å². The van der Waals surface area contributed by atoms with Crippen molar-refractivity contribution >= 4 is 5.82 Å². The minimum Gasteiger partial charge on any atom is -0.383 e. The maximum absolute atomic E-state index is 13.3. The summed E-state index contributed by atoms with van der Waals surface area (Å²) in [5.41, 5.74) is 9.01. The monoisotopic (exact) mass is 259 g/mol. The third-order valence-corrected chi connectivity index (χ3v) is 3.15. The zero-order valence-electron chi connectivity index (χ0n) is 11.7. The van der Waals surface area contributed by atoms with Crippen molar-refractivity contribution in [1.82, 2.24) is 9.97 Å². The Morgan fingerprint density at radius 1 is 1.16 bits per heavy atom. The minimum atomic E-state index is -0.215. The summed E-state index contributed by atoms with van der Waals surface area (Å²) >= 11 is 0. The topological polar surface area (TPSA) is 51.8 Å². The molecule has 0 saturated heterocycles. The van der Waals surface area contributed by atoms with E-state index in [0.717, 1.165) is 16.8 Å². The molecule has 19 heavy (non-hydrogen) atoms. The molecule has 0 bridgehead atoms. The Morgan fingerprint density at radius 3 is 2.42 bits per heavy atom. The molecule has 2 aromatic rings. The Bertz CT molecular complexity index is 621. The molecule has 1 aromatic heterocycles. The van der Waals surface area contributed by atoms with E-state index < -0.39 is 0 Å². The van der Waals surface area contributed by atoms with Crippen molar-refractivity contribution in [1.29, 1.82) is 0 Å². The van der Waals surface area contributed by atoms with E-state index in [1.807, 2.05) is 20.8 Å². The fourth-order valence-electron chi connectivity index (χ4n) is 1.88. The summed E-state index contributed by atoms with van der Waals surface area (Å²) in [5, 5.41) is 0. The normalized spacial score (nSPS) is 11.1. The van der Waals surface area contributed by atoms with Gasteiger partial charge in [0.15, 0.2) is 0 Å². The zero-order valence-corrected chi connectivity index (χ0v) is 11.7. The number of hydrogen-bond acceptors (Lipinski definition) is 3. The summed E-state index contributed by atoms with van der Waals surface area (Å²) in [6.45, 7) is 7.66. The Hall–Kier alpha value is -1.97. The number of halogens is 1. The van der Waals surface area contributed by atoms with Gasteiger partial charge in [0.05, 0.1) is 5.69 Å².